The molecule has 1 saturated heterocycles. The number of nitriles is 1. The Labute approximate surface area is 155 Å². The number of anilines is 1. The van der Waals surface area contributed by atoms with Crippen molar-refractivity contribution < 1.29 is 19.0 Å². The highest BCUT2D eigenvalue weighted by molar-refractivity contribution is 7.19. The average Bonchev–Trinajstić information content (AvgIpc) is 3.10. The lowest BCUT2D eigenvalue weighted by atomic mass is 10.1. The van der Waals surface area contributed by atoms with E-state index in [4.69, 9.17) is 14.2 Å². The number of hydrogen-bond donors (Lipinski definition) is 1. The van der Waals surface area contributed by atoms with Crippen molar-refractivity contribution >= 4 is 22.4 Å². The van der Waals surface area contributed by atoms with E-state index in [0.717, 1.165) is 10.4 Å². The fourth-order valence-corrected chi connectivity index (χ4v) is 3.23. The molecule has 0 bridgehead atoms. The van der Waals surface area contributed by atoms with Gasteiger partial charge in [-0.2, -0.15) is 5.26 Å². The third-order valence-corrected chi connectivity index (χ3v) is 4.56. The third kappa shape index (κ3) is 4.38. The number of thiazole rings is 1. The molecule has 1 aliphatic rings. The number of carbonyl (C=O) groups excluding carboxylic acids is 1. The Kier molecular flexibility index (Phi) is 5.83. The van der Waals surface area contributed by atoms with Gasteiger partial charge < -0.3 is 14.2 Å². The van der Waals surface area contributed by atoms with Crippen LogP contribution in [0.1, 0.15) is 19.4 Å². The lowest BCUT2D eigenvalue weighted by Gasteiger charge is -2.21. The second kappa shape index (κ2) is 8.27. The van der Waals surface area contributed by atoms with E-state index in [1.165, 1.54) is 11.3 Å². The minimum Gasteiger partial charge on any atom is -0.490 e. The van der Waals surface area contributed by atoms with Crippen molar-refractivity contribution in [3.05, 3.63) is 30.0 Å². The molecule has 1 amide bonds. The normalized spacial score (nSPS) is 16.9. The van der Waals surface area contributed by atoms with Gasteiger partial charge in [-0.15, -0.1) is 0 Å². The molecule has 1 N–H and O–H groups in total. The van der Waals surface area contributed by atoms with E-state index in [2.05, 4.69) is 16.4 Å². The fraction of sp³-hybridized carbons (Fsp3) is 0.389. The third-order valence-electron chi connectivity index (χ3n) is 3.59. The molecule has 8 heteroatoms. The van der Waals surface area contributed by atoms with E-state index < -0.39 is 6.10 Å². The number of benzene rings is 1. The number of amides is 1. The summed E-state index contributed by atoms with van der Waals surface area (Å²) in [7, 11) is 0. The van der Waals surface area contributed by atoms with Crippen LogP contribution in [-0.4, -0.2) is 42.9 Å². The number of ether oxygens (including phenoxy) is 3. The Bertz CT molecular complexity index is 822. The Morgan fingerprint density at radius 1 is 1.46 bits per heavy atom. The predicted molar refractivity (Wildman–Crippen MR) is 97.2 cm³/mol. The molecule has 1 fully saturated rings. The van der Waals surface area contributed by atoms with Crippen molar-refractivity contribution in [1.29, 1.82) is 5.26 Å². The summed E-state index contributed by atoms with van der Waals surface area (Å²) in [6, 6.07) is 7.50. The Morgan fingerprint density at radius 2 is 2.31 bits per heavy atom. The number of nitrogens with one attached hydrogen (secondary N) is 1. The quantitative estimate of drug-likeness (QED) is 0.866. The number of aromatic nitrogens is 1. The summed E-state index contributed by atoms with van der Waals surface area (Å²) in [5.74, 6) is 0.265. The van der Waals surface area contributed by atoms with Gasteiger partial charge in [-0.25, -0.2) is 4.98 Å². The Balaban J connectivity index is 1.75. The van der Waals surface area contributed by atoms with Crippen molar-refractivity contribution in [2.45, 2.75) is 26.1 Å². The zero-order valence-corrected chi connectivity index (χ0v) is 15.3. The molecule has 2 heterocycles. The zero-order chi connectivity index (χ0) is 18.5. The molecule has 0 aliphatic carbocycles. The number of nitrogens with zero attached hydrogens (tertiary/aromatic N) is 2. The van der Waals surface area contributed by atoms with E-state index in [1.807, 2.05) is 26.0 Å². The van der Waals surface area contributed by atoms with Crippen LogP contribution in [0.3, 0.4) is 0 Å². The topological polar surface area (TPSA) is 93.5 Å². The van der Waals surface area contributed by atoms with Crippen LogP contribution in [0, 0.1) is 11.3 Å². The predicted octanol–water partition coefficient (Wildman–Crippen LogP) is 2.82. The first-order valence-electron chi connectivity index (χ1n) is 8.24. The monoisotopic (exact) mass is 373 g/mol. The molecule has 2 aromatic rings. The van der Waals surface area contributed by atoms with E-state index in [1.54, 1.807) is 12.3 Å². The van der Waals surface area contributed by atoms with Gasteiger partial charge >= 0.3 is 0 Å². The molecular formula is C18H19N3O4S. The molecule has 0 spiro atoms. The standard InChI is InChI=1S/C18H19N3O4S/c1-11(2)25-14-7-12(3-4-13(14)8-19)16-9-20-18(26-16)21-17(22)15-10-23-5-6-24-15/h3-4,7,9,11,15H,5-6,10H2,1-2H3,(H,20,21,22). The van der Waals surface area contributed by atoms with Gasteiger partial charge in [0.15, 0.2) is 11.2 Å². The molecule has 1 aromatic carbocycles. The van der Waals surface area contributed by atoms with Crippen molar-refractivity contribution in [2.75, 3.05) is 25.1 Å². The van der Waals surface area contributed by atoms with E-state index in [0.29, 0.717) is 29.7 Å². The number of rotatable bonds is 5. The van der Waals surface area contributed by atoms with Crippen LogP contribution >= 0.6 is 11.3 Å². The first kappa shape index (κ1) is 18.3. The number of carbonyl (C=O) groups is 1. The lowest BCUT2D eigenvalue weighted by molar-refractivity contribution is -0.142. The molecule has 0 saturated carbocycles. The summed E-state index contributed by atoms with van der Waals surface area (Å²) >= 11 is 1.34. The summed E-state index contributed by atoms with van der Waals surface area (Å²) in [6.07, 6.45) is 1.03. The Morgan fingerprint density at radius 3 is 3.00 bits per heavy atom. The SMILES string of the molecule is CC(C)Oc1cc(-c2cnc(NC(=O)C3COCCO3)s2)ccc1C#N. The van der Waals surface area contributed by atoms with Crippen LogP contribution < -0.4 is 10.1 Å². The second-order valence-electron chi connectivity index (χ2n) is 5.94. The molecule has 1 atom stereocenters. The van der Waals surface area contributed by atoms with Crippen molar-refractivity contribution in [2.24, 2.45) is 0 Å². The molecule has 1 unspecified atom stereocenters. The van der Waals surface area contributed by atoms with Gasteiger partial charge in [0.1, 0.15) is 11.8 Å². The maximum Gasteiger partial charge on any atom is 0.257 e. The highest BCUT2D eigenvalue weighted by atomic mass is 32.1. The minimum absolute atomic E-state index is 0.0358. The van der Waals surface area contributed by atoms with Gasteiger partial charge in [0.2, 0.25) is 0 Å². The van der Waals surface area contributed by atoms with Gasteiger partial charge in [-0.3, -0.25) is 10.1 Å². The maximum atomic E-state index is 12.2. The summed E-state index contributed by atoms with van der Waals surface area (Å²) in [6.45, 7) is 4.97. The van der Waals surface area contributed by atoms with Gasteiger partial charge in [0.25, 0.3) is 5.91 Å². The summed E-state index contributed by atoms with van der Waals surface area (Å²) in [4.78, 5) is 17.3. The maximum absolute atomic E-state index is 12.2. The molecule has 3 rings (SSSR count). The van der Waals surface area contributed by atoms with Crippen molar-refractivity contribution in [3.8, 4) is 22.3 Å². The summed E-state index contributed by atoms with van der Waals surface area (Å²) in [5.41, 5.74) is 1.35. The largest absolute Gasteiger partial charge is 0.490 e. The van der Waals surface area contributed by atoms with Gasteiger partial charge in [0, 0.05) is 6.20 Å². The first-order valence-corrected chi connectivity index (χ1v) is 9.05. The first-order chi connectivity index (χ1) is 12.6. The van der Waals surface area contributed by atoms with Gasteiger partial charge in [-0.05, 0) is 31.5 Å². The van der Waals surface area contributed by atoms with Crippen LogP contribution in [-0.2, 0) is 14.3 Å². The molecule has 136 valence electrons. The molecule has 1 aliphatic heterocycles. The Hall–Kier alpha value is -2.47. The van der Waals surface area contributed by atoms with E-state index in [9.17, 15) is 10.1 Å². The van der Waals surface area contributed by atoms with Crippen molar-refractivity contribution in [3.63, 3.8) is 0 Å². The van der Waals surface area contributed by atoms with E-state index >= 15 is 0 Å². The molecule has 1 aromatic heterocycles. The van der Waals surface area contributed by atoms with Crippen LogP contribution in [0.25, 0.3) is 10.4 Å². The zero-order valence-electron chi connectivity index (χ0n) is 14.5. The molecule has 7 nitrogen and oxygen atoms in total. The molecule has 26 heavy (non-hydrogen) atoms. The second-order valence-corrected chi connectivity index (χ2v) is 6.97. The minimum atomic E-state index is -0.614. The molecule has 0 radical (unpaired) electrons. The number of hydrogen-bond acceptors (Lipinski definition) is 7. The van der Waals surface area contributed by atoms with Gasteiger partial charge in [-0.1, -0.05) is 17.4 Å². The average molecular weight is 373 g/mol. The highest BCUT2D eigenvalue weighted by Gasteiger charge is 2.23. The summed E-state index contributed by atoms with van der Waals surface area (Å²) in [5, 5.41) is 12.4. The van der Waals surface area contributed by atoms with Crippen LogP contribution in [0.2, 0.25) is 0 Å². The van der Waals surface area contributed by atoms with Gasteiger partial charge in [0.05, 0.1) is 36.4 Å². The highest BCUT2D eigenvalue weighted by Crippen LogP contribution is 2.33. The van der Waals surface area contributed by atoms with Crippen LogP contribution in [0.15, 0.2) is 24.4 Å². The molecular weight excluding hydrogens is 354 g/mol. The van der Waals surface area contributed by atoms with Crippen molar-refractivity contribution in [1.82, 2.24) is 4.98 Å². The van der Waals surface area contributed by atoms with Crippen LogP contribution in [0.4, 0.5) is 5.13 Å². The van der Waals surface area contributed by atoms with E-state index in [-0.39, 0.29) is 18.6 Å². The fourth-order valence-electron chi connectivity index (χ4n) is 2.41. The van der Waals surface area contributed by atoms with Crippen LogP contribution in [0.5, 0.6) is 5.75 Å². The smallest absolute Gasteiger partial charge is 0.257 e. The summed E-state index contributed by atoms with van der Waals surface area (Å²) < 4.78 is 16.3. The lowest BCUT2D eigenvalue weighted by Crippen LogP contribution is -2.39.